The molecule has 1 fully saturated rings. The predicted molar refractivity (Wildman–Crippen MR) is 80.0 cm³/mol. The smallest absolute Gasteiger partial charge is 0.242 e. The number of carbonyl (C=O) groups excluding carboxylic acids is 1. The molecule has 1 atom stereocenters. The fourth-order valence-electron chi connectivity index (χ4n) is 3.39. The van der Waals surface area contributed by atoms with Gasteiger partial charge >= 0.3 is 0 Å². The van der Waals surface area contributed by atoms with Gasteiger partial charge in [-0.15, -0.1) is 0 Å². The van der Waals surface area contributed by atoms with E-state index in [1.54, 1.807) is 7.05 Å². The van der Waals surface area contributed by atoms with Crippen LogP contribution in [0, 0.1) is 11.3 Å². The Kier molecular flexibility index (Phi) is 3.78. The minimum Gasteiger partial charge on any atom is -0.357 e. The highest BCUT2D eigenvalue weighted by molar-refractivity contribution is 5.85. The molecule has 110 valence electrons. The number of anilines is 1. The Labute approximate surface area is 125 Å². The SMILES string of the molecule is CNC(=O)C1CCCCN1c1nc2c(cc1C#N)CCC2. The summed E-state index contributed by atoms with van der Waals surface area (Å²) in [4.78, 5) is 18.9. The van der Waals surface area contributed by atoms with Crippen molar-refractivity contribution in [2.45, 2.75) is 44.6 Å². The van der Waals surface area contributed by atoms with Crippen molar-refractivity contribution in [3.05, 3.63) is 22.9 Å². The number of nitriles is 1. The van der Waals surface area contributed by atoms with Gasteiger partial charge in [0.05, 0.1) is 5.56 Å². The third kappa shape index (κ3) is 2.46. The first-order chi connectivity index (χ1) is 10.2. The van der Waals surface area contributed by atoms with Crippen molar-refractivity contribution >= 4 is 11.7 Å². The maximum absolute atomic E-state index is 12.1. The van der Waals surface area contributed by atoms with Crippen LogP contribution in [-0.2, 0) is 17.6 Å². The first kappa shape index (κ1) is 13.9. The number of aromatic nitrogens is 1. The normalized spacial score (nSPS) is 20.8. The summed E-state index contributed by atoms with van der Waals surface area (Å²) in [6.07, 6.45) is 6.00. The molecule has 1 N–H and O–H groups in total. The van der Waals surface area contributed by atoms with Crippen molar-refractivity contribution < 1.29 is 4.79 Å². The van der Waals surface area contributed by atoms with Crippen LogP contribution in [0.4, 0.5) is 5.82 Å². The van der Waals surface area contributed by atoms with Gasteiger partial charge < -0.3 is 10.2 Å². The molecule has 1 saturated heterocycles. The second-order valence-corrected chi connectivity index (χ2v) is 5.75. The lowest BCUT2D eigenvalue weighted by molar-refractivity contribution is -0.122. The van der Waals surface area contributed by atoms with Crippen molar-refractivity contribution in [2.24, 2.45) is 0 Å². The van der Waals surface area contributed by atoms with Crippen LogP contribution in [0.3, 0.4) is 0 Å². The van der Waals surface area contributed by atoms with Gasteiger partial charge in [-0.25, -0.2) is 4.98 Å². The van der Waals surface area contributed by atoms with Crippen LogP contribution < -0.4 is 10.2 Å². The minimum atomic E-state index is -0.206. The lowest BCUT2D eigenvalue weighted by Gasteiger charge is -2.36. The highest BCUT2D eigenvalue weighted by Gasteiger charge is 2.31. The van der Waals surface area contributed by atoms with Gasteiger partial charge in [0.1, 0.15) is 17.9 Å². The highest BCUT2D eigenvalue weighted by Crippen LogP contribution is 2.30. The van der Waals surface area contributed by atoms with E-state index in [0.29, 0.717) is 11.4 Å². The van der Waals surface area contributed by atoms with E-state index in [-0.39, 0.29) is 11.9 Å². The van der Waals surface area contributed by atoms with Gasteiger partial charge in [0, 0.05) is 19.3 Å². The lowest BCUT2D eigenvalue weighted by Crippen LogP contribution is -2.49. The summed E-state index contributed by atoms with van der Waals surface area (Å²) in [5, 5.41) is 12.2. The van der Waals surface area contributed by atoms with Gasteiger partial charge in [0.15, 0.2) is 0 Å². The van der Waals surface area contributed by atoms with E-state index in [1.807, 2.05) is 11.0 Å². The van der Waals surface area contributed by atoms with Crippen molar-refractivity contribution in [2.75, 3.05) is 18.5 Å². The number of hydrogen-bond donors (Lipinski definition) is 1. The number of aryl methyl sites for hydroxylation is 2. The molecule has 0 aromatic carbocycles. The Balaban J connectivity index is 2.01. The monoisotopic (exact) mass is 284 g/mol. The molecular formula is C16H20N4O. The summed E-state index contributed by atoms with van der Waals surface area (Å²) < 4.78 is 0. The number of amides is 1. The number of likely N-dealkylation sites (N-methyl/N-ethyl adjacent to an activating group) is 1. The first-order valence-electron chi connectivity index (χ1n) is 7.65. The lowest BCUT2D eigenvalue weighted by atomic mass is 10.00. The summed E-state index contributed by atoms with van der Waals surface area (Å²) in [5.74, 6) is 0.715. The van der Waals surface area contributed by atoms with Crippen LogP contribution in [0.5, 0.6) is 0 Å². The molecule has 0 radical (unpaired) electrons. The second kappa shape index (κ2) is 5.72. The summed E-state index contributed by atoms with van der Waals surface area (Å²) in [6, 6.07) is 4.03. The van der Waals surface area contributed by atoms with Crippen LogP contribution in [0.25, 0.3) is 0 Å². The summed E-state index contributed by atoms with van der Waals surface area (Å²) in [6.45, 7) is 0.790. The average molecular weight is 284 g/mol. The van der Waals surface area contributed by atoms with Crippen molar-refractivity contribution in [1.82, 2.24) is 10.3 Å². The van der Waals surface area contributed by atoms with Gasteiger partial charge in [0.2, 0.25) is 5.91 Å². The molecule has 21 heavy (non-hydrogen) atoms. The molecule has 5 heteroatoms. The maximum atomic E-state index is 12.1. The molecule has 1 amide bonds. The molecule has 3 rings (SSSR count). The number of fused-ring (bicyclic) bond motifs is 1. The van der Waals surface area contributed by atoms with Crippen LogP contribution in [0.15, 0.2) is 6.07 Å². The largest absolute Gasteiger partial charge is 0.357 e. The second-order valence-electron chi connectivity index (χ2n) is 5.75. The number of nitrogens with zero attached hydrogens (tertiary/aromatic N) is 3. The first-order valence-corrected chi connectivity index (χ1v) is 7.65. The maximum Gasteiger partial charge on any atom is 0.242 e. The molecule has 1 aliphatic heterocycles. The van der Waals surface area contributed by atoms with Crippen LogP contribution in [-0.4, -0.2) is 30.5 Å². The van der Waals surface area contributed by atoms with E-state index < -0.39 is 0 Å². The van der Waals surface area contributed by atoms with Gasteiger partial charge in [-0.1, -0.05) is 0 Å². The molecule has 1 aromatic rings. The molecule has 0 bridgehead atoms. The predicted octanol–water partition coefficient (Wildman–Crippen LogP) is 1.55. The Morgan fingerprint density at radius 1 is 1.43 bits per heavy atom. The van der Waals surface area contributed by atoms with E-state index >= 15 is 0 Å². The zero-order valence-electron chi connectivity index (χ0n) is 12.4. The van der Waals surface area contributed by atoms with Gasteiger partial charge in [-0.05, 0) is 50.2 Å². The van der Waals surface area contributed by atoms with Crippen molar-refractivity contribution in [1.29, 1.82) is 5.26 Å². The van der Waals surface area contributed by atoms with E-state index in [2.05, 4.69) is 11.4 Å². The standard InChI is InChI=1S/C16H20N4O/c1-18-16(21)14-7-2-3-8-20(14)15-12(10-17)9-11-5-4-6-13(11)19-15/h9,14H,2-8H2,1H3,(H,18,21). The third-order valence-corrected chi connectivity index (χ3v) is 4.48. The number of carbonyl (C=O) groups is 1. The Bertz CT molecular complexity index is 605. The highest BCUT2D eigenvalue weighted by atomic mass is 16.2. The van der Waals surface area contributed by atoms with Crippen LogP contribution in [0.1, 0.15) is 42.5 Å². The number of rotatable bonds is 2. The molecule has 0 spiro atoms. The van der Waals surface area contributed by atoms with Crippen molar-refractivity contribution in [3.8, 4) is 6.07 Å². The summed E-state index contributed by atoms with van der Waals surface area (Å²) in [7, 11) is 1.66. The van der Waals surface area contributed by atoms with Crippen LogP contribution >= 0.6 is 0 Å². The molecule has 1 aliphatic carbocycles. The number of nitrogens with one attached hydrogen (secondary N) is 1. The quantitative estimate of drug-likeness (QED) is 0.894. The van der Waals surface area contributed by atoms with E-state index in [1.165, 1.54) is 5.56 Å². The number of piperidine rings is 1. The fourth-order valence-corrected chi connectivity index (χ4v) is 3.39. The van der Waals surface area contributed by atoms with Crippen LogP contribution in [0.2, 0.25) is 0 Å². The van der Waals surface area contributed by atoms with Gasteiger partial charge in [-0.3, -0.25) is 4.79 Å². The molecule has 1 unspecified atom stereocenters. The Morgan fingerprint density at radius 2 is 2.29 bits per heavy atom. The molecule has 5 nitrogen and oxygen atoms in total. The van der Waals surface area contributed by atoms with Crippen molar-refractivity contribution in [3.63, 3.8) is 0 Å². The molecule has 2 heterocycles. The average Bonchev–Trinajstić information content (AvgIpc) is 3.00. The van der Waals surface area contributed by atoms with E-state index in [9.17, 15) is 10.1 Å². The minimum absolute atomic E-state index is 0.0147. The zero-order chi connectivity index (χ0) is 14.8. The molecule has 2 aliphatic rings. The van der Waals surface area contributed by atoms with E-state index in [0.717, 1.165) is 50.8 Å². The molecule has 1 aromatic heterocycles. The number of pyridine rings is 1. The third-order valence-electron chi connectivity index (χ3n) is 4.48. The summed E-state index contributed by atoms with van der Waals surface area (Å²) in [5.41, 5.74) is 2.90. The topological polar surface area (TPSA) is 69.0 Å². The van der Waals surface area contributed by atoms with E-state index in [4.69, 9.17) is 4.98 Å². The zero-order valence-corrected chi connectivity index (χ0v) is 12.4. The summed E-state index contributed by atoms with van der Waals surface area (Å²) >= 11 is 0. The fraction of sp³-hybridized carbons (Fsp3) is 0.562. The molecule has 0 saturated carbocycles. The van der Waals surface area contributed by atoms with Gasteiger partial charge in [0.25, 0.3) is 0 Å². The molecular weight excluding hydrogens is 264 g/mol. The number of hydrogen-bond acceptors (Lipinski definition) is 4. The Morgan fingerprint density at radius 3 is 3.05 bits per heavy atom. The van der Waals surface area contributed by atoms with Gasteiger partial charge in [-0.2, -0.15) is 5.26 Å². The Hall–Kier alpha value is -2.09.